The van der Waals surface area contributed by atoms with Crippen molar-refractivity contribution in [3.8, 4) is 5.75 Å². The molecule has 2 aromatic rings. The molecule has 1 aliphatic heterocycles. The van der Waals surface area contributed by atoms with E-state index in [1.54, 1.807) is 13.1 Å². The Morgan fingerprint density at radius 2 is 2.18 bits per heavy atom. The number of carbonyl (C=O) groups is 1. The number of ether oxygens (including phenoxy) is 1. The number of thiazole rings is 1. The summed E-state index contributed by atoms with van der Waals surface area (Å²) < 4.78 is 32.5. The van der Waals surface area contributed by atoms with E-state index in [0.717, 1.165) is 4.88 Å². The van der Waals surface area contributed by atoms with Crippen LogP contribution < -0.4 is 14.8 Å². The summed E-state index contributed by atoms with van der Waals surface area (Å²) in [5, 5.41) is 2.92. The average Bonchev–Trinajstić information content (AvgIpc) is 2.84. The van der Waals surface area contributed by atoms with Gasteiger partial charge in [-0.05, 0) is 32.0 Å². The molecule has 0 fully saturated rings. The Kier molecular flexibility index (Phi) is 3.53. The van der Waals surface area contributed by atoms with Gasteiger partial charge in [0.1, 0.15) is 5.75 Å². The number of amides is 1. The maximum atomic E-state index is 12.3. The highest BCUT2D eigenvalue weighted by molar-refractivity contribution is 7.93. The Morgan fingerprint density at radius 3 is 2.86 bits per heavy atom. The number of carbonyl (C=O) groups excluding carboxylic acids is 1. The van der Waals surface area contributed by atoms with Crippen molar-refractivity contribution in [2.75, 3.05) is 10.0 Å². The molecule has 1 amide bonds. The number of nitrogens with one attached hydrogen (secondary N) is 2. The van der Waals surface area contributed by atoms with Gasteiger partial charge in [0.25, 0.3) is 15.9 Å². The lowest BCUT2D eigenvalue weighted by atomic mass is 10.2. The smallest absolute Gasteiger partial charge is 0.265 e. The lowest BCUT2D eigenvalue weighted by Gasteiger charge is -2.23. The van der Waals surface area contributed by atoms with E-state index in [0.29, 0.717) is 16.6 Å². The third kappa shape index (κ3) is 2.77. The number of aromatic nitrogens is 1. The van der Waals surface area contributed by atoms with E-state index < -0.39 is 16.1 Å². The zero-order chi connectivity index (χ0) is 15.9. The highest BCUT2D eigenvalue weighted by Crippen LogP contribution is 2.32. The molecular weight excluding hydrogens is 326 g/mol. The van der Waals surface area contributed by atoms with Gasteiger partial charge in [-0.25, -0.2) is 13.4 Å². The third-order valence-electron chi connectivity index (χ3n) is 3.04. The fourth-order valence-electron chi connectivity index (χ4n) is 1.93. The van der Waals surface area contributed by atoms with Crippen LogP contribution in [0.5, 0.6) is 5.75 Å². The number of anilines is 2. The van der Waals surface area contributed by atoms with Crippen molar-refractivity contribution < 1.29 is 17.9 Å². The lowest BCUT2D eigenvalue weighted by Crippen LogP contribution is -2.34. The SMILES string of the molecule is Cc1cnc(NS(=O)(=O)c2ccc3c(c2)NC(=O)[C@@H](C)O3)s1. The lowest BCUT2D eigenvalue weighted by molar-refractivity contribution is -0.122. The van der Waals surface area contributed by atoms with Gasteiger partial charge in [0, 0.05) is 11.1 Å². The van der Waals surface area contributed by atoms with E-state index in [2.05, 4.69) is 15.0 Å². The Hall–Kier alpha value is -2.13. The normalized spacial score (nSPS) is 17.4. The first-order valence-corrected chi connectivity index (χ1v) is 8.72. The van der Waals surface area contributed by atoms with Crippen LogP contribution in [0.4, 0.5) is 10.8 Å². The van der Waals surface area contributed by atoms with Crippen LogP contribution in [0.25, 0.3) is 0 Å². The molecule has 1 aromatic carbocycles. The minimum absolute atomic E-state index is 0.0255. The first kappa shape index (κ1) is 14.8. The van der Waals surface area contributed by atoms with E-state index in [9.17, 15) is 13.2 Å². The average molecular weight is 339 g/mol. The minimum Gasteiger partial charge on any atom is -0.479 e. The summed E-state index contributed by atoms with van der Waals surface area (Å²) in [5.74, 6) is 0.127. The monoisotopic (exact) mass is 339 g/mol. The fourth-order valence-corrected chi connectivity index (χ4v) is 3.86. The summed E-state index contributed by atoms with van der Waals surface area (Å²) in [4.78, 5) is 16.5. The second kappa shape index (κ2) is 5.25. The summed E-state index contributed by atoms with van der Waals surface area (Å²) in [6.07, 6.45) is 0.983. The van der Waals surface area contributed by atoms with Crippen LogP contribution in [0.15, 0.2) is 29.3 Å². The molecule has 9 heteroatoms. The topological polar surface area (TPSA) is 97.4 Å². The Balaban J connectivity index is 1.92. The molecule has 0 saturated carbocycles. The number of fused-ring (bicyclic) bond motifs is 1. The quantitative estimate of drug-likeness (QED) is 0.891. The van der Waals surface area contributed by atoms with Gasteiger partial charge in [-0.15, -0.1) is 11.3 Å². The van der Waals surface area contributed by atoms with Gasteiger partial charge < -0.3 is 10.1 Å². The molecule has 3 rings (SSSR count). The van der Waals surface area contributed by atoms with E-state index >= 15 is 0 Å². The van der Waals surface area contributed by atoms with Gasteiger partial charge in [-0.2, -0.15) is 0 Å². The van der Waals surface area contributed by atoms with Crippen molar-refractivity contribution in [1.29, 1.82) is 0 Å². The molecule has 0 radical (unpaired) electrons. The molecule has 116 valence electrons. The molecular formula is C13H13N3O4S2. The first-order valence-electron chi connectivity index (χ1n) is 6.42. The zero-order valence-corrected chi connectivity index (χ0v) is 13.4. The molecule has 0 spiro atoms. The molecule has 1 aromatic heterocycles. The van der Waals surface area contributed by atoms with Crippen LogP contribution in [0.1, 0.15) is 11.8 Å². The first-order chi connectivity index (χ1) is 10.3. The summed E-state index contributed by atoms with van der Waals surface area (Å²) in [7, 11) is -3.77. The summed E-state index contributed by atoms with van der Waals surface area (Å²) in [6.45, 7) is 3.46. The highest BCUT2D eigenvalue weighted by atomic mass is 32.2. The number of hydrogen-bond acceptors (Lipinski definition) is 6. The molecule has 7 nitrogen and oxygen atoms in total. The molecule has 0 bridgehead atoms. The second-order valence-electron chi connectivity index (χ2n) is 4.79. The van der Waals surface area contributed by atoms with Crippen LogP contribution >= 0.6 is 11.3 Å². The molecule has 0 aliphatic carbocycles. The molecule has 0 unspecified atom stereocenters. The van der Waals surface area contributed by atoms with Crippen molar-refractivity contribution in [2.24, 2.45) is 0 Å². The summed E-state index contributed by atoms with van der Waals surface area (Å²) >= 11 is 1.24. The van der Waals surface area contributed by atoms with Gasteiger partial charge in [0.05, 0.1) is 10.6 Å². The number of sulfonamides is 1. The van der Waals surface area contributed by atoms with Crippen molar-refractivity contribution in [2.45, 2.75) is 24.8 Å². The predicted octanol–water partition coefficient (Wildman–Crippen LogP) is 1.97. The standard InChI is InChI=1S/C13H13N3O4S2/c1-7-6-14-13(21-7)16-22(18,19)9-3-4-11-10(5-9)15-12(17)8(2)20-11/h3-6,8H,1-2H3,(H,14,16)(H,15,17)/t8-/m1/s1. The molecule has 22 heavy (non-hydrogen) atoms. The van der Waals surface area contributed by atoms with E-state index in [1.165, 1.54) is 29.5 Å². The van der Waals surface area contributed by atoms with Gasteiger partial charge in [-0.1, -0.05) is 0 Å². The largest absolute Gasteiger partial charge is 0.479 e. The molecule has 2 heterocycles. The van der Waals surface area contributed by atoms with Crippen LogP contribution in [0.2, 0.25) is 0 Å². The zero-order valence-electron chi connectivity index (χ0n) is 11.8. The van der Waals surface area contributed by atoms with Gasteiger partial charge in [-0.3, -0.25) is 9.52 Å². The third-order valence-corrected chi connectivity index (χ3v) is 5.33. The fraction of sp³-hybridized carbons (Fsp3) is 0.231. The number of hydrogen-bond donors (Lipinski definition) is 2. The maximum Gasteiger partial charge on any atom is 0.265 e. The van der Waals surface area contributed by atoms with Crippen LogP contribution in [-0.4, -0.2) is 25.4 Å². The second-order valence-corrected chi connectivity index (χ2v) is 7.71. The van der Waals surface area contributed by atoms with Crippen molar-refractivity contribution in [1.82, 2.24) is 4.98 Å². The Morgan fingerprint density at radius 1 is 1.41 bits per heavy atom. The number of nitrogens with zero attached hydrogens (tertiary/aromatic N) is 1. The Labute approximate surface area is 131 Å². The molecule has 1 aliphatic rings. The Bertz CT molecular complexity index is 845. The predicted molar refractivity (Wildman–Crippen MR) is 82.8 cm³/mol. The van der Waals surface area contributed by atoms with Crippen molar-refractivity contribution >= 4 is 38.1 Å². The van der Waals surface area contributed by atoms with Crippen LogP contribution in [0.3, 0.4) is 0 Å². The highest BCUT2D eigenvalue weighted by Gasteiger charge is 2.25. The number of aryl methyl sites for hydroxylation is 1. The van der Waals surface area contributed by atoms with Gasteiger partial charge in [0.2, 0.25) is 0 Å². The molecule has 2 N–H and O–H groups in total. The van der Waals surface area contributed by atoms with Gasteiger partial charge >= 0.3 is 0 Å². The van der Waals surface area contributed by atoms with E-state index in [-0.39, 0.29) is 10.8 Å². The molecule has 0 saturated heterocycles. The van der Waals surface area contributed by atoms with Crippen molar-refractivity contribution in [3.05, 3.63) is 29.3 Å². The summed E-state index contributed by atoms with van der Waals surface area (Å²) in [5.41, 5.74) is 0.335. The van der Waals surface area contributed by atoms with E-state index in [1.807, 2.05) is 6.92 Å². The molecule has 1 atom stereocenters. The number of benzene rings is 1. The van der Waals surface area contributed by atoms with Crippen LogP contribution in [0, 0.1) is 6.92 Å². The van der Waals surface area contributed by atoms with Gasteiger partial charge in [0.15, 0.2) is 11.2 Å². The van der Waals surface area contributed by atoms with Crippen LogP contribution in [-0.2, 0) is 14.8 Å². The number of rotatable bonds is 3. The van der Waals surface area contributed by atoms with Crippen molar-refractivity contribution in [3.63, 3.8) is 0 Å². The maximum absolute atomic E-state index is 12.3. The van der Waals surface area contributed by atoms with E-state index in [4.69, 9.17) is 4.74 Å². The minimum atomic E-state index is -3.77. The summed E-state index contributed by atoms with van der Waals surface area (Å²) in [6, 6.07) is 4.31.